The summed E-state index contributed by atoms with van der Waals surface area (Å²) in [7, 11) is 3.72. The fourth-order valence-corrected chi connectivity index (χ4v) is 3.75. The van der Waals surface area contributed by atoms with Gasteiger partial charge in [-0.1, -0.05) is 18.2 Å². The smallest absolute Gasteiger partial charge is 0.220 e. The number of carbonyl (C=O) groups excluding carboxylic acids is 1. The Morgan fingerprint density at radius 2 is 2.21 bits per heavy atom. The predicted octanol–water partition coefficient (Wildman–Crippen LogP) is 3.14. The van der Waals surface area contributed by atoms with Crippen molar-refractivity contribution in [1.29, 1.82) is 0 Å². The van der Waals surface area contributed by atoms with Crippen LogP contribution in [0.25, 0.3) is 28.1 Å². The SMILES string of the molecule is C=NN(C)/C=C(\C)c1cccc(-c2ncc(-c3cnn(C)c3)c(N[C@H]3CCC(=O)NC3)n2)c1. The quantitative estimate of drug-likeness (QED) is 0.429. The molecule has 0 saturated carbocycles. The third-order valence-corrected chi connectivity index (χ3v) is 5.59. The summed E-state index contributed by atoms with van der Waals surface area (Å²) in [6.07, 6.45) is 8.73. The fraction of sp³-hybridized carbons (Fsp3) is 0.292. The molecule has 1 aromatic carbocycles. The molecule has 9 nitrogen and oxygen atoms in total. The van der Waals surface area contributed by atoms with E-state index < -0.39 is 0 Å². The normalized spacial score (nSPS) is 16.3. The number of hydrogen-bond donors (Lipinski definition) is 2. The van der Waals surface area contributed by atoms with Crippen molar-refractivity contribution < 1.29 is 4.79 Å². The lowest BCUT2D eigenvalue weighted by Gasteiger charge is -2.25. The molecule has 0 unspecified atom stereocenters. The number of anilines is 1. The molecule has 1 amide bonds. The van der Waals surface area contributed by atoms with Crippen molar-refractivity contribution in [3.05, 3.63) is 54.6 Å². The number of amides is 1. The molecule has 0 spiro atoms. The second kappa shape index (κ2) is 9.64. The molecule has 0 radical (unpaired) electrons. The van der Waals surface area contributed by atoms with Crippen LogP contribution in [-0.2, 0) is 11.8 Å². The van der Waals surface area contributed by atoms with Gasteiger partial charge in [0.15, 0.2) is 5.82 Å². The van der Waals surface area contributed by atoms with E-state index in [4.69, 9.17) is 4.98 Å². The van der Waals surface area contributed by atoms with Crippen molar-refractivity contribution in [3.8, 4) is 22.5 Å². The first-order valence-corrected chi connectivity index (χ1v) is 10.8. The Balaban J connectivity index is 1.69. The van der Waals surface area contributed by atoms with E-state index >= 15 is 0 Å². The van der Waals surface area contributed by atoms with Gasteiger partial charge in [0.1, 0.15) is 5.82 Å². The molecule has 4 rings (SSSR count). The Hall–Kier alpha value is -4.01. The molecular weight excluding hydrogens is 416 g/mol. The van der Waals surface area contributed by atoms with Crippen LogP contribution in [0, 0.1) is 0 Å². The summed E-state index contributed by atoms with van der Waals surface area (Å²) >= 11 is 0. The molecule has 170 valence electrons. The Bertz CT molecular complexity index is 1190. The van der Waals surface area contributed by atoms with Crippen LogP contribution in [0.1, 0.15) is 25.3 Å². The Labute approximate surface area is 193 Å². The van der Waals surface area contributed by atoms with Gasteiger partial charge in [-0.05, 0) is 30.5 Å². The van der Waals surface area contributed by atoms with E-state index in [1.807, 2.05) is 57.8 Å². The molecule has 1 aliphatic heterocycles. The lowest BCUT2D eigenvalue weighted by molar-refractivity contribution is -0.122. The van der Waals surface area contributed by atoms with Crippen molar-refractivity contribution >= 4 is 24.0 Å². The highest BCUT2D eigenvalue weighted by atomic mass is 16.1. The molecule has 3 heterocycles. The maximum atomic E-state index is 11.6. The van der Waals surface area contributed by atoms with Gasteiger partial charge in [-0.15, -0.1) is 0 Å². The van der Waals surface area contributed by atoms with Gasteiger partial charge in [0, 0.05) is 75.1 Å². The summed E-state index contributed by atoms with van der Waals surface area (Å²) in [5.41, 5.74) is 4.81. The van der Waals surface area contributed by atoms with Crippen LogP contribution < -0.4 is 10.6 Å². The zero-order valence-electron chi connectivity index (χ0n) is 19.1. The monoisotopic (exact) mass is 444 g/mol. The Morgan fingerprint density at radius 1 is 1.36 bits per heavy atom. The summed E-state index contributed by atoms with van der Waals surface area (Å²) in [6, 6.07) is 8.19. The van der Waals surface area contributed by atoms with Crippen LogP contribution in [-0.4, -0.2) is 57.0 Å². The van der Waals surface area contributed by atoms with Gasteiger partial charge in [0.25, 0.3) is 0 Å². The van der Waals surface area contributed by atoms with Gasteiger partial charge in [-0.25, -0.2) is 9.97 Å². The molecular formula is C24H28N8O. The van der Waals surface area contributed by atoms with Gasteiger partial charge in [0.2, 0.25) is 5.91 Å². The summed E-state index contributed by atoms with van der Waals surface area (Å²) < 4.78 is 1.75. The van der Waals surface area contributed by atoms with E-state index in [1.54, 1.807) is 15.9 Å². The summed E-state index contributed by atoms with van der Waals surface area (Å²) in [5.74, 6) is 1.43. The fourth-order valence-electron chi connectivity index (χ4n) is 3.75. The Kier molecular flexibility index (Phi) is 6.48. The Morgan fingerprint density at radius 3 is 2.91 bits per heavy atom. The van der Waals surface area contributed by atoms with Crippen molar-refractivity contribution in [3.63, 3.8) is 0 Å². The van der Waals surface area contributed by atoms with Crippen molar-refractivity contribution in [1.82, 2.24) is 30.1 Å². The lowest BCUT2D eigenvalue weighted by atomic mass is 10.0. The van der Waals surface area contributed by atoms with Crippen LogP contribution in [0.2, 0.25) is 0 Å². The maximum absolute atomic E-state index is 11.6. The molecule has 33 heavy (non-hydrogen) atoms. The number of hydrazone groups is 1. The molecule has 0 bridgehead atoms. The summed E-state index contributed by atoms with van der Waals surface area (Å²) in [5, 5.41) is 16.3. The first kappa shape index (κ1) is 22.2. The molecule has 1 saturated heterocycles. The lowest BCUT2D eigenvalue weighted by Crippen LogP contribution is -2.42. The number of rotatable bonds is 7. The molecule has 9 heteroatoms. The van der Waals surface area contributed by atoms with E-state index in [1.165, 1.54) is 0 Å². The van der Waals surface area contributed by atoms with Crippen molar-refractivity contribution in [2.75, 3.05) is 18.9 Å². The van der Waals surface area contributed by atoms with E-state index in [0.29, 0.717) is 18.8 Å². The van der Waals surface area contributed by atoms with Crippen LogP contribution >= 0.6 is 0 Å². The molecule has 2 aromatic heterocycles. The van der Waals surface area contributed by atoms with Crippen LogP contribution in [0.5, 0.6) is 0 Å². The number of piperidine rings is 1. The molecule has 3 aromatic rings. The second-order valence-corrected chi connectivity index (χ2v) is 8.15. The number of aromatic nitrogens is 4. The molecule has 1 fully saturated rings. The van der Waals surface area contributed by atoms with Gasteiger partial charge in [-0.3, -0.25) is 14.5 Å². The van der Waals surface area contributed by atoms with Crippen LogP contribution in [0.3, 0.4) is 0 Å². The first-order chi connectivity index (χ1) is 15.9. The number of nitrogens with one attached hydrogen (secondary N) is 2. The molecule has 1 aliphatic rings. The number of allylic oxidation sites excluding steroid dienone is 1. The molecule has 1 atom stereocenters. The zero-order chi connectivity index (χ0) is 23.4. The number of nitrogens with zero attached hydrogens (tertiary/aromatic N) is 6. The zero-order valence-corrected chi connectivity index (χ0v) is 19.1. The highest BCUT2D eigenvalue weighted by Crippen LogP contribution is 2.30. The van der Waals surface area contributed by atoms with Gasteiger partial charge in [-0.2, -0.15) is 10.2 Å². The standard InChI is InChI=1S/C24H28N8O/c1-16(14-31(3)25-2)17-6-5-7-18(10-17)23-27-13-21(19-11-28-32(4)15-19)24(30-23)29-20-8-9-22(33)26-12-20/h5-7,10-11,13-15,20H,2,8-9,12H2,1,3-4H3,(H,26,33)(H,27,29,30)/b16-14+/t20-/m0/s1. The maximum Gasteiger partial charge on any atom is 0.220 e. The summed E-state index contributed by atoms with van der Waals surface area (Å²) in [4.78, 5) is 21.1. The minimum Gasteiger partial charge on any atom is -0.365 e. The largest absolute Gasteiger partial charge is 0.365 e. The van der Waals surface area contributed by atoms with E-state index in [9.17, 15) is 4.79 Å². The highest BCUT2D eigenvalue weighted by Gasteiger charge is 2.21. The summed E-state index contributed by atoms with van der Waals surface area (Å²) in [6.45, 7) is 6.13. The van der Waals surface area contributed by atoms with Crippen molar-refractivity contribution in [2.45, 2.75) is 25.8 Å². The first-order valence-electron chi connectivity index (χ1n) is 10.8. The predicted molar refractivity (Wildman–Crippen MR) is 130 cm³/mol. The topological polar surface area (TPSA) is 100 Å². The average molecular weight is 445 g/mol. The van der Waals surface area contributed by atoms with E-state index in [2.05, 4.69) is 38.6 Å². The highest BCUT2D eigenvalue weighted by molar-refractivity contribution is 5.78. The number of carbonyl (C=O) groups is 1. The van der Waals surface area contributed by atoms with Gasteiger partial charge >= 0.3 is 0 Å². The van der Waals surface area contributed by atoms with Crippen LogP contribution in [0.15, 0.2) is 54.2 Å². The van der Waals surface area contributed by atoms with Gasteiger partial charge < -0.3 is 10.6 Å². The number of aryl methyl sites for hydroxylation is 1. The van der Waals surface area contributed by atoms with E-state index in [0.717, 1.165) is 40.1 Å². The number of hydrogen-bond acceptors (Lipinski definition) is 7. The number of benzene rings is 1. The minimum absolute atomic E-state index is 0.0847. The minimum atomic E-state index is 0.0847. The van der Waals surface area contributed by atoms with Crippen molar-refractivity contribution in [2.24, 2.45) is 12.1 Å². The third-order valence-electron chi connectivity index (χ3n) is 5.59. The van der Waals surface area contributed by atoms with Gasteiger partial charge in [0.05, 0.1) is 6.20 Å². The average Bonchev–Trinajstić information content (AvgIpc) is 3.26. The van der Waals surface area contributed by atoms with Crippen LogP contribution in [0.4, 0.5) is 5.82 Å². The van der Waals surface area contributed by atoms with E-state index in [-0.39, 0.29) is 11.9 Å². The third kappa shape index (κ3) is 5.25. The molecule has 0 aliphatic carbocycles. The molecule has 2 N–H and O–H groups in total. The second-order valence-electron chi connectivity index (χ2n) is 8.15.